The first-order valence-corrected chi connectivity index (χ1v) is 8.62. The van der Waals surface area contributed by atoms with Crippen molar-refractivity contribution in [1.29, 1.82) is 0 Å². The van der Waals surface area contributed by atoms with Crippen LogP contribution in [0.1, 0.15) is 31.9 Å². The number of aliphatic hydroxyl groups is 1. The molecule has 0 amide bonds. The second-order valence-corrected chi connectivity index (χ2v) is 6.03. The van der Waals surface area contributed by atoms with E-state index in [2.05, 4.69) is 23.8 Å². The Balaban J connectivity index is 2.17. The van der Waals surface area contributed by atoms with Crippen LogP contribution in [0.4, 0.5) is 0 Å². The minimum Gasteiger partial charge on any atom is -0.490 e. The molecular formula is C18H30N2O3. The first kappa shape index (κ1) is 18.0. The zero-order chi connectivity index (χ0) is 16.7. The first-order valence-electron chi connectivity index (χ1n) is 8.62. The van der Waals surface area contributed by atoms with Gasteiger partial charge in [0.15, 0.2) is 11.5 Å². The van der Waals surface area contributed by atoms with Gasteiger partial charge >= 0.3 is 0 Å². The van der Waals surface area contributed by atoms with E-state index in [9.17, 15) is 5.11 Å². The van der Waals surface area contributed by atoms with Gasteiger partial charge < -0.3 is 19.5 Å². The van der Waals surface area contributed by atoms with E-state index in [0.717, 1.165) is 49.7 Å². The summed E-state index contributed by atoms with van der Waals surface area (Å²) >= 11 is 0. The number of rotatable bonds is 8. The van der Waals surface area contributed by atoms with Gasteiger partial charge in [-0.05, 0) is 38.1 Å². The second kappa shape index (κ2) is 9.11. The minimum atomic E-state index is 0.0168. The van der Waals surface area contributed by atoms with Gasteiger partial charge in [0.1, 0.15) is 0 Å². The lowest BCUT2D eigenvalue weighted by molar-refractivity contribution is 0.0746. The van der Waals surface area contributed by atoms with Crippen LogP contribution in [-0.2, 0) is 0 Å². The van der Waals surface area contributed by atoms with Crippen LogP contribution in [0.3, 0.4) is 0 Å². The van der Waals surface area contributed by atoms with Gasteiger partial charge in [0.2, 0.25) is 0 Å². The molecule has 5 nitrogen and oxygen atoms in total. The molecule has 1 aliphatic heterocycles. The molecule has 1 saturated heterocycles. The Morgan fingerprint density at radius 1 is 1.09 bits per heavy atom. The van der Waals surface area contributed by atoms with Crippen molar-refractivity contribution in [2.45, 2.75) is 26.3 Å². The predicted octanol–water partition coefficient (Wildman–Crippen LogP) is 2.15. The number of benzene rings is 1. The monoisotopic (exact) mass is 322 g/mol. The molecule has 2 rings (SSSR count). The van der Waals surface area contributed by atoms with Crippen molar-refractivity contribution in [3.63, 3.8) is 0 Å². The van der Waals surface area contributed by atoms with E-state index >= 15 is 0 Å². The van der Waals surface area contributed by atoms with E-state index < -0.39 is 0 Å². The van der Waals surface area contributed by atoms with E-state index in [0.29, 0.717) is 13.2 Å². The molecule has 1 N–H and O–H groups in total. The number of hydrogen-bond donors (Lipinski definition) is 1. The summed E-state index contributed by atoms with van der Waals surface area (Å²) in [6.45, 7) is 9.47. The second-order valence-electron chi connectivity index (χ2n) is 6.03. The Morgan fingerprint density at radius 2 is 1.83 bits per heavy atom. The minimum absolute atomic E-state index is 0.0168. The highest BCUT2D eigenvalue weighted by molar-refractivity contribution is 5.44. The molecule has 1 unspecified atom stereocenters. The summed E-state index contributed by atoms with van der Waals surface area (Å²) in [4.78, 5) is 4.66. The van der Waals surface area contributed by atoms with E-state index in [4.69, 9.17) is 9.47 Å². The Labute approximate surface area is 139 Å². The maximum absolute atomic E-state index is 9.90. The van der Waals surface area contributed by atoms with Crippen LogP contribution in [0.25, 0.3) is 0 Å². The van der Waals surface area contributed by atoms with Crippen molar-refractivity contribution >= 4 is 0 Å². The maximum Gasteiger partial charge on any atom is 0.161 e. The molecule has 1 aromatic carbocycles. The molecule has 0 aliphatic carbocycles. The standard InChI is InChI=1S/C18H30N2O3/c1-4-12-23-17-7-6-15(13-18(17)22-5-2)16(14-21)20-10-8-19(3)9-11-20/h6-7,13,16,21H,4-5,8-12,14H2,1-3H3. The van der Waals surface area contributed by atoms with Crippen molar-refractivity contribution in [3.05, 3.63) is 23.8 Å². The van der Waals surface area contributed by atoms with Gasteiger partial charge in [-0.15, -0.1) is 0 Å². The van der Waals surface area contributed by atoms with Gasteiger partial charge in [-0.3, -0.25) is 4.90 Å². The van der Waals surface area contributed by atoms with Gasteiger partial charge in [-0.2, -0.15) is 0 Å². The van der Waals surface area contributed by atoms with Gasteiger partial charge in [-0.25, -0.2) is 0 Å². The predicted molar refractivity (Wildman–Crippen MR) is 92.3 cm³/mol. The number of likely N-dealkylation sites (N-methyl/N-ethyl adjacent to an activating group) is 1. The summed E-state index contributed by atoms with van der Waals surface area (Å²) in [6, 6.07) is 6.05. The molecule has 0 spiro atoms. The number of aliphatic hydroxyl groups excluding tert-OH is 1. The zero-order valence-corrected chi connectivity index (χ0v) is 14.6. The molecule has 0 radical (unpaired) electrons. The molecule has 23 heavy (non-hydrogen) atoms. The average Bonchev–Trinajstić information content (AvgIpc) is 2.57. The topological polar surface area (TPSA) is 45.2 Å². The van der Waals surface area contributed by atoms with Gasteiger partial charge in [0.05, 0.1) is 25.9 Å². The first-order chi connectivity index (χ1) is 11.2. The summed E-state index contributed by atoms with van der Waals surface area (Å²) in [6.07, 6.45) is 0.966. The van der Waals surface area contributed by atoms with Crippen molar-refractivity contribution in [3.8, 4) is 11.5 Å². The maximum atomic E-state index is 9.90. The summed E-state index contributed by atoms with van der Waals surface area (Å²) < 4.78 is 11.5. The van der Waals surface area contributed by atoms with E-state index in [-0.39, 0.29) is 12.6 Å². The van der Waals surface area contributed by atoms with Crippen LogP contribution >= 0.6 is 0 Å². The smallest absolute Gasteiger partial charge is 0.161 e. The third kappa shape index (κ3) is 4.83. The van der Waals surface area contributed by atoms with Gasteiger partial charge in [0.25, 0.3) is 0 Å². The van der Waals surface area contributed by atoms with Crippen LogP contribution in [0.5, 0.6) is 11.5 Å². The summed E-state index contributed by atoms with van der Waals surface area (Å²) in [5.41, 5.74) is 1.09. The van der Waals surface area contributed by atoms with Crippen molar-refractivity contribution in [1.82, 2.24) is 9.80 Å². The molecule has 1 atom stereocenters. The Kier molecular flexibility index (Phi) is 7.15. The number of ether oxygens (including phenoxy) is 2. The lowest BCUT2D eigenvalue weighted by Gasteiger charge is -2.37. The third-order valence-electron chi connectivity index (χ3n) is 4.27. The highest BCUT2D eigenvalue weighted by atomic mass is 16.5. The molecule has 0 saturated carbocycles. The highest BCUT2D eigenvalue weighted by Crippen LogP contribution is 2.32. The van der Waals surface area contributed by atoms with Crippen LogP contribution in [-0.4, -0.2) is 68.0 Å². The van der Waals surface area contributed by atoms with Crippen molar-refractivity contribution in [2.75, 3.05) is 53.0 Å². The van der Waals surface area contributed by atoms with Gasteiger partial charge in [0, 0.05) is 26.2 Å². The Morgan fingerprint density at radius 3 is 2.43 bits per heavy atom. The lowest BCUT2D eigenvalue weighted by Crippen LogP contribution is -2.46. The molecule has 1 fully saturated rings. The zero-order valence-electron chi connectivity index (χ0n) is 14.6. The lowest BCUT2D eigenvalue weighted by atomic mass is 10.0. The average molecular weight is 322 g/mol. The van der Waals surface area contributed by atoms with Crippen molar-refractivity contribution in [2.24, 2.45) is 0 Å². The van der Waals surface area contributed by atoms with E-state index in [1.54, 1.807) is 0 Å². The quantitative estimate of drug-likeness (QED) is 0.794. The summed E-state index contributed by atoms with van der Waals surface area (Å²) in [5.74, 6) is 1.55. The number of hydrogen-bond acceptors (Lipinski definition) is 5. The van der Waals surface area contributed by atoms with Crippen LogP contribution in [0.15, 0.2) is 18.2 Å². The molecule has 130 valence electrons. The SMILES string of the molecule is CCCOc1ccc(C(CO)N2CCN(C)CC2)cc1OCC. The van der Waals surface area contributed by atoms with E-state index in [1.807, 2.05) is 25.1 Å². The van der Waals surface area contributed by atoms with Crippen LogP contribution in [0.2, 0.25) is 0 Å². The molecular weight excluding hydrogens is 292 g/mol. The fraction of sp³-hybridized carbons (Fsp3) is 0.667. The summed E-state index contributed by atoms with van der Waals surface area (Å²) in [7, 11) is 2.14. The highest BCUT2D eigenvalue weighted by Gasteiger charge is 2.24. The van der Waals surface area contributed by atoms with Crippen molar-refractivity contribution < 1.29 is 14.6 Å². The third-order valence-corrected chi connectivity index (χ3v) is 4.27. The Hall–Kier alpha value is -1.30. The Bertz CT molecular complexity index is 473. The van der Waals surface area contributed by atoms with Crippen LogP contribution in [0, 0.1) is 0 Å². The number of piperazine rings is 1. The molecule has 0 aromatic heterocycles. The molecule has 5 heteroatoms. The fourth-order valence-electron chi connectivity index (χ4n) is 2.90. The fourth-order valence-corrected chi connectivity index (χ4v) is 2.90. The van der Waals surface area contributed by atoms with Crippen LogP contribution < -0.4 is 9.47 Å². The number of nitrogens with zero attached hydrogens (tertiary/aromatic N) is 2. The summed E-state index contributed by atoms with van der Waals surface area (Å²) in [5, 5.41) is 9.90. The molecule has 1 heterocycles. The largest absolute Gasteiger partial charge is 0.490 e. The van der Waals surface area contributed by atoms with E-state index in [1.165, 1.54) is 0 Å². The molecule has 1 aromatic rings. The molecule has 0 bridgehead atoms. The molecule has 1 aliphatic rings. The van der Waals surface area contributed by atoms with Gasteiger partial charge in [-0.1, -0.05) is 13.0 Å². The normalized spacial score (nSPS) is 17.9.